The van der Waals surface area contributed by atoms with Crippen molar-refractivity contribution in [1.82, 2.24) is 9.97 Å². The normalized spacial score (nSPS) is 10.4. The molecule has 1 aromatic heterocycles. The van der Waals surface area contributed by atoms with E-state index in [1.807, 2.05) is 19.1 Å². The van der Waals surface area contributed by atoms with Gasteiger partial charge in [0.05, 0.1) is 20.5 Å². The summed E-state index contributed by atoms with van der Waals surface area (Å²) < 4.78 is 11.5. The summed E-state index contributed by atoms with van der Waals surface area (Å²) in [5.74, 6) is 1.58. The zero-order chi connectivity index (χ0) is 12.4. The quantitative estimate of drug-likeness (QED) is 0.946. The molecule has 0 saturated carbocycles. The lowest BCUT2D eigenvalue weighted by atomic mass is 10.1. The number of hydrogen-bond acceptors (Lipinski definition) is 3. The van der Waals surface area contributed by atoms with E-state index in [9.17, 15) is 0 Å². The second-order valence-corrected chi connectivity index (χ2v) is 4.33. The summed E-state index contributed by atoms with van der Waals surface area (Å²) in [6.07, 6.45) is 1.64. The Morgan fingerprint density at radius 1 is 1.24 bits per heavy atom. The van der Waals surface area contributed by atoms with Gasteiger partial charge in [-0.3, -0.25) is 0 Å². The molecule has 1 N–H and O–H groups in total. The third-order valence-corrected chi connectivity index (χ3v) is 3.23. The van der Waals surface area contributed by atoms with Crippen molar-refractivity contribution >= 4 is 15.9 Å². The number of hydrogen-bond donors (Lipinski definition) is 1. The van der Waals surface area contributed by atoms with E-state index in [1.165, 1.54) is 0 Å². The van der Waals surface area contributed by atoms with Crippen LogP contribution in [0.1, 0.15) is 5.56 Å². The molecular weight excluding hydrogens is 284 g/mol. The zero-order valence-corrected chi connectivity index (χ0v) is 11.5. The van der Waals surface area contributed by atoms with Crippen LogP contribution in [0, 0.1) is 6.92 Å². The van der Waals surface area contributed by atoms with Crippen molar-refractivity contribution in [1.29, 1.82) is 0 Å². The maximum atomic E-state index is 5.44. The number of rotatable bonds is 3. The van der Waals surface area contributed by atoms with Crippen LogP contribution in [0.2, 0.25) is 0 Å². The molecule has 0 aliphatic heterocycles. The number of benzene rings is 1. The van der Waals surface area contributed by atoms with Crippen LogP contribution in [-0.2, 0) is 0 Å². The van der Waals surface area contributed by atoms with E-state index in [-0.39, 0.29) is 0 Å². The fourth-order valence-electron chi connectivity index (χ4n) is 1.81. The topological polar surface area (TPSA) is 47.1 Å². The molecule has 0 aliphatic rings. The Labute approximate surface area is 108 Å². The first-order valence-electron chi connectivity index (χ1n) is 5.09. The van der Waals surface area contributed by atoms with Gasteiger partial charge in [-0.15, -0.1) is 0 Å². The highest BCUT2D eigenvalue weighted by Gasteiger charge is 2.16. The fraction of sp³-hybridized carbons (Fsp3) is 0.250. The Kier molecular flexibility index (Phi) is 3.38. The highest BCUT2D eigenvalue weighted by atomic mass is 79.9. The molecule has 1 aromatic carbocycles. The van der Waals surface area contributed by atoms with Gasteiger partial charge in [-0.1, -0.05) is 0 Å². The number of methoxy groups -OCH3 is 2. The molecule has 4 nitrogen and oxygen atoms in total. The van der Waals surface area contributed by atoms with Gasteiger partial charge in [0, 0.05) is 11.1 Å². The maximum Gasteiger partial charge on any atom is 0.134 e. The Morgan fingerprint density at radius 3 is 2.53 bits per heavy atom. The number of imidazole rings is 1. The summed E-state index contributed by atoms with van der Waals surface area (Å²) in [5.41, 5.74) is 2.72. The fourth-order valence-corrected chi connectivity index (χ4v) is 2.23. The molecule has 0 aliphatic carbocycles. The zero-order valence-electron chi connectivity index (χ0n) is 9.87. The molecule has 17 heavy (non-hydrogen) atoms. The van der Waals surface area contributed by atoms with Gasteiger partial charge in [-0.2, -0.15) is 0 Å². The van der Waals surface area contributed by atoms with Gasteiger partial charge < -0.3 is 14.5 Å². The summed E-state index contributed by atoms with van der Waals surface area (Å²) in [7, 11) is 3.29. The van der Waals surface area contributed by atoms with Gasteiger partial charge in [0.1, 0.15) is 21.8 Å². The number of halogens is 1. The Balaban J connectivity index is 2.63. The number of ether oxygens (including phenoxy) is 2. The SMILES string of the molecule is COc1ccc(-c2nc[nH]c2Br)c(OC)c1C. The molecule has 0 fully saturated rings. The summed E-state index contributed by atoms with van der Waals surface area (Å²) in [4.78, 5) is 7.25. The highest BCUT2D eigenvalue weighted by Crippen LogP contribution is 2.38. The van der Waals surface area contributed by atoms with Crippen LogP contribution in [0.15, 0.2) is 23.1 Å². The minimum atomic E-state index is 0.775. The van der Waals surface area contributed by atoms with E-state index in [2.05, 4.69) is 25.9 Å². The smallest absolute Gasteiger partial charge is 0.134 e. The molecule has 1 heterocycles. The van der Waals surface area contributed by atoms with E-state index < -0.39 is 0 Å². The van der Waals surface area contributed by atoms with Crippen LogP contribution < -0.4 is 9.47 Å². The van der Waals surface area contributed by atoms with Crippen molar-refractivity contribution in [3.8, 4) is 22.8 Å². The van der Waals surface area contributed by atoms with Gasteiger partial charge in [0.15, 0.2) is 0 Å². The molecule has 2 rings (SSSR count). The summed E-state index contributed by atoms with van der Waals surface area (Å²) in [6.45, 7) is 1.96. The Hall–Kier alpha value is -1.49. The summed E-state index contributed by atoms with van der Waals surface area (Å²) in [6, 6.07) is 3.85. The molecule has 0 unspecified atom stereocenters. The predicted molar refractivity (Wildman–Crippen MR) is 69.6 cm³/mol. The molecule has 0 spiro atoms. The minimum absolute atomic E-state index is 0.775. The highest BCUT2D eigenvalue weighted by molar-refractivity contribution is 9.10. The number of aromatic amines is 1. The number of nitrogens with one attached hydrogen (secondary N) is 1. The molecule has 90 valence electrons. The summed E-state index contributed by atoms with van der Waals surface area (Å²) in [5, 5.41) is 0. The second-order valence-electron chi connectivity index (χ2n) is 3.54. The third kappa shape index (κ3) is 2.02. The van der Waals surface area contributed by atoms with E-state index in [0.717, 1.165) is 32.9 Å². The molecule has 0 saturated heterocycles. The molecule has 0 radical (unpaired) electrons. The van der Waals surface area contributed by atoms with Crippen LogP contribution >= 0.6 is 15.9 Å². The standard InChI is InChI=1S/C12H13BrN2O2/c1-7-9(16-2)5-4-8(11(7)17-3)10-12(13)15-6-14-10/h4-6H,1-3H3,(H,14,15). The first-order valence-corrected chi connectivity index (χ1v) is 5.89. The van der Waals surface area contributed by atoms with Crippen molar-refractivity contribution in [2.45, 2.75) is 6.92 Å². The average Bonchev–Trinajstić information content (AvgIpc) is 2.75. The average molecular weight is 297 g/mol. The van der Waals surface area contributed by atoms with Gasteiger partial charge in [-0.25, -0.2) is 4.98 Å². The summed E-state index contributed by atoms with van der Waals surface area (Å²) >= 11 is 3.42. The van der Waals surface area contributed by atoms with Crippen molar-refractivity contribution < 1.29 is 9.47 Å². The van der Waals surface area contributed by atoms with Crippen LogP contribution in [0.4, 0.5) is 0 Å². The Morgan fingerprint density at radius 2 is 2.00 bits per heavy atom. The van der Waals surface area contributed by atoms with Crippen molar-refractivity contribution in [2.24, 2.45) is 0 Å². The lowest BCUT2D eigenvalue weighted by Crippen LogP contribution is -1.95. The number of aromatic nitrogens is 2. The first kappa shape index (κ1) is 12.0. The van der Waals surface area contributed by atoms with E-state index in [4.69, 9.17) is 9.47 Å². The molecule has 0 amide bonds. The molecule has 5 heteroatoms. The van der Waals surface area contributed by atoms with Crippen molar-refractivity contribution in [3.05, 3.63) is 28.6 Å². The maximum absolute atomic E-state index is 5.44. The van der Waals surface area contributed by atoms with Crippen LogP contribution in [0.25, 0.3) is 11.3 Å². The van der Waals surface area contributed by atoms with Crippen LogP contribution in [0.5, 0.6) is 11.5 Å². The van der Waals surface area contributed by atoms with Gasteiger partial charge in [0.2, 0.25) is 0 Å². The van der Waals surface area contributed by atoms with Crippen molar-refractivity contribution in [2.75, 3.05) is 14.2 Å². The first-order chi connectivity index (χ1) is 8.19. The Bertz CT molecular complexity index is 537. The lowest BCUT2D eigenvalue weighted by molar-refractivity contribution is 0.390. The third-order valence-electron chi connectivity index (χ3n) is 2.63. The van der Waals surface area contributed by atoms with E-state index in [0.29, 0.717) is 0 Å². The van der Waals surface area contributed by atoms with Crippen LogP contribution in [0.3, 0.4) is 0 Å². The van der Waals surface area contributed by atoms with Gasteiger partial charge in [0.25, 0.3) is 0 Å². The molecule has 0 bridgehead atoms. The van der Waals surface area contributed by atoms with Crippen LogP contribution in [-0.4, -0.2) is 24.2 Å². The van der Waals surface area contributed by atoms with Crippen molar-refractivity contribution in [3.63, 3.8) is 0 Å². The van der Waals surface area contributed by atoms with Gasteiger partial charge in [-0.05, 0) is 35.0 Å². The van der Waals surface area contributed by atoms with E-state index >= 15 is 0 Å². The largest absolute Gasteiger partial charge is 0.496 e. The lowest BCUT2D eigenvalue weighted by Gasteiger charge is -2.13. The number of nitrogens with zero attached hydrogens (tertiary/aromatic N) is 1. The molecular formula is C12H13BrN2O2. The second kappa shape index (κ2) is 4.79. The minimum Gasteiger partial charge on any atom is -0.496 e. The monoisotopic (exact) mass is 296 g/mol. The van der Waals surface area contributed by atoms with E-state index in [1.54, 1.807) is 20.5 Å². The number of H-pyrrole nitrogens is 1. The van der Waals surface area contributed by atoms with Gasteiger partial charge >= 0.3 is 0 Å². The molecule has 2 aromatic rings. The molecule has 0 atom stereocenters. The predicted octanol–water partition coefficient (Wildman–Crippen LogP) is 3.16.